The molecule has 1 saturated heterocycles. The van der Waals surface area contributed by atoms with Crippen molar-refractivity contribution >= 4 is 17.2 Å². The number of carbonyl (C=O) groups is 1. The van der Waals surface area contributed by atoms with Gasteiger partial charge >= 0.3 is 0 Å². The van der Waals surface area contributed by atoms with Crippen molar-refractivity contribution in [2.75, 3.05) is 26.2 Å². The zero-order valence-electron chi connectivity index (χ0n) is 19.7. The standard InChI is InChI=1S/C28H33FN2OS/c1-20(2)15-31(28(32)22-8-5-4-6-9-22)17-24-16-30(18-26-13-12-21(3)33-26)19-27(24)23-10-7-11-25(29)14-23/h4-14,20,24,27H,15-19H2,1-3H3. The van der Waals surface area contributed by atoms with E-state index in [-0.39, 0.29) is 23.6 Å². The molecule has 4 rings (SSSR count). The summed E-state index contributed by atoms with van der Waals surface area (Å²) in [5.41, 5.74) is 1.76. The number of amides is 1. The van der Waals surface area contributed by atoms with Gasteiger partial charge in [-0.25, -0.2) is 4.39 Å². The van der Waals surface area contributed by atoms with Gasteiger partial charge in [-0.05, 0) is 60.7 Å². The lowest BCUT2D eigenvalue weighted by molar-refractivity contribution is 0.0703. The predicted molar refractivity (Wildman–Crippen MR) is 134 cm³/mol. The number of rotatable bonds is 8. The van der Waals surface area contributed by atoms with E-state index < -0.39 is 0 Å². The Bertz CT molecular complexity index is 1060. The van der Waals surface area contributed by atoms with Crippen LogP contribution in [0.15, 0.2) is 66.7 Å². The number of hydrogen-bond acceptors (Lipinski definition) is 3. The maximum atomic E-state index is 14.1. The van der Waals surface area contributed by atoms with E-state index >= 15 is 0 Å². The molecule has 1 fully saturated rings. The van der Waals surface area contributed by atoms with Gasteiger partial charge in [0.05, 0.1) is 0 Å². The van der Waals surface area contributed by atoms with E-state index in [2.05, 4.69) is 37.8 Å². The first-order valence-electron chi connectivity index (χ1n) is 11.8. The SMILES string of the molecule is Cc1ccc(CN2CC(CN(CC(C)C)C(=O)c3ccccc3)C(c3cccc(F)c3)C2)s1. The average molecular weight is 465 g/mol. The summed E-state index contributed by atoms with van der Waals surface area (Å²) in [5, 5.41) is 0. The Labute approximate surface area is 200 Å². The quantitative estimate of drug-likeness (QED) is 0.396. The van der Waals surface area contributed by atoms with Gasteiger partial charge < -0.3 is 4.90 Å². The molecular formula is C28H33FN2OS. The molecule has 3 aromatic rings. The molecule has 1 aliphatic rings. The minimum absolute atomic E-state index is 0.0784. The summed E-state index contributed by atoms with van der Waals surface area (Å²) in [7, 11) is 0. The smallest absolute Gasteiger partial charge is 0.253 e. The van der Waals surface area contributed by atoms with Crippen molar-refractivity contribution in [1.82, 2.24) is 9.80 Å². The van der Waals surface area contributed by atoms with Gasteiger partial charge in [-0.15, -0.1) is 11.3 Å². The van der Waals surface area contributed by atoms with Crippen molar-refractivity contribution in [3.63, 3.8) is 0 Å². The van der Waals surface area contributed by atoms with Gasteiger partial charge in [0, 0.05) is 54.0 Å². The van der Waals surface area contributed by atoms with Crippen LogP contribution < -0.4 is 0 Å². The van der Waals surface area contributed by atoms with Crippen molar-refractivity contribution < 1.29 is 9.18 Å². The molecule has 5 heteroatoms. The predicted octanol–water partition coefficient (Wildman–Crippen LogP) is 6.21. The molecule has 2 atom stereocenters. The second kappa shape index (κ2) is 10.6. The lowest BCUT2D eigenvalue weighted by atomic mass is 9.88. The third kappa shape index (κ3) is 6.10. The van der Waals surface area contributed by atoms with Crippen molar-refractivity contribution in [2.24, 2.45) is 11.8 Å². The number of nitrogens with zero attached hydrogens (tertiary/aromatic N) is 2. The number of thiophene rings is 1. The monoisotopic (exact) mass is 464 g/mol. The summed E-state index contributed by atoms with van der Waals surface area (Å²) in [5.74, 6) is 0.698. The lowest BCUT2D eigenvalue weighted by Crippen LogP contribution is -2.39. The number of carbonyl (C=O) groups excluding carboxylic acids is 1. The molecule has 0 aliphatic carbocycles. The molecule has 0 saturated carbocycles. The zero-order chi connectivity index (χ0) is 23.4. The van der Waals surface area contributed by atoms with Crippen LogP contribution in [0.25, 0.3) is 0 Å². The first-order chi connectivity index (χ1) is 15.9. The Morgan fingerprint density at radius 3 is 2.55 bits per heavy atom. The first-order valence-corrected chi connectivity index (χ1v) is 12.6. The summed E-state index contributed by atoms with van der Waals surface area (Å²) >= 11 is 1.83. The lowest BCUT2D eigenvalue weighted by Gasteiger charge is -2.30. The van der Waals surface area contributed by atoms with Gasteiger partial charge in [0.25, 0.3) is 5.91 Å². The van der Waals surface area contributed by atoms with Crippen LogP contribution in [0.3, 0.4) is 0 Å². The summed E-state index contributed by atoms with van der Waals surface area (Å²) < 4.78 is 14.1. The third-order valence-corrected chi connectivity index (χ3v) is 7.30. The molecule has 0 bridgehead atoms. The van der Waals surface area contributed by atoms with Gasteiger partial charge in [0.2, 0.25) is 0 Å². The molecule has 0 spiro atoms. The van der Waals surface area contributed by atoms with Gasteiger partial charge in [-0.1, -0.05) is 44.2 Å². The highest BCUT2D eigenvalue weighted by molar-refractivity contribution is 7.11. The molecule has 33 heavy (non-hydrogen) atoms. The van der Waals surface area contributed by atoms with E-state index in [0.29, 0.717) is 19.0 Å². The summed E-state index contributed by atoms with van der Waals surface area (Å²) in [6.45, 7) is 10.5. The maximum Gasteiger partial charge on any atom is 0.253 e. The maximum absolute atomic E-state index is 14.1. The Kier molecular flexibility index (Phi) is 7.61. The van der Waals surface area contributed by atoms with Gasteiger partial charge in [0.1, 0.15) is 5.82 Å². The molecule has 174 valence electrons. The first kappa shape index (κ1) is 23.7. The van der Waals surface area contributed by atoms with Crippen LogP contribution in [-0.4, -0.2) is 41.9 Å². The van der Waals surface area contributed by atoms with Crippen LogP contribution in [0.1, 0.15) is 45.4 Å². The largest absolute Gasteiger partial charge is 0.338 e. The average Bonchev–Trinajstić information content (AvgIpc) is 3.38. The van der Waals surface area contributed by atoms with Crippen LogP contribution >= 0.6 is 11.3 Å². The van der Waals surface area contributed by atoms with Crippen molar-refractivity contribution in [3.05, 3.63) is 93.4 Å². The van der Waals surface area contributed by atoms with Gasteiger partial charge in [0.15, 0.2) is 0 Å². The Morgan fingerprint density at radius 1 is 1.09 bits per heavy atom. The second-order valence-electron chi connectivity index (χ2n) is 9.60. The normalized spacial score (nSPS) is 18.7. The van der Waals surface area contributed by atoms with E-state index in [0.717, 1.165) is 30.8 Å². The number of halogens is 1. The van der Waals surface area contributed by atoms with Crippen LogP contribution in [0.2, 0.25) is 0 Å². The van der Waals surface area contributed by atoms with E-state index in [1.807, 2.05) is 52.6 Å². The van der Waals surface area contributed by atoms with Crippen LogP contribution in [0.4, 0.5) is 4.39 Å². The molecule has 2 aromatic carbocycles. The van der Waals surface area contributed by atoms with Crippen molar-refractivity contribution in [2.45, 2.75) is 33.2 Å². The Hall–Kier alpha value is -2.50. The van der Waals surface area contributed by atoms with E-state index in [1.165, 1.54) is 15.8 Å². The van der Waals surface area contributed by atoms with E-state index in [1.54, 1.807) is 12.1 Å². The number of hydrogen-bond donors (Lipinski definition) is 0. The Morgan fingerprint density at radius 2 is 1.88 bits per heavy atom. The minimum atomic E-state index is -0.196. The molecule has 0 radical (unpaired) electrons. The fourth-order valence-electron chi connectivity index (χ4n) is 4.91. The number of benzene rings is 2. The van der Waals surface area contributed by atoms with Gasteiger partial charge in [-0.3, -0.25) is 9.69 Å². The molecule has 2 unspecified atom stereocenters. The molecule has 1 aromatic heterocycles. The second-order valence-corrected chi connectivity index (χ2v) is 11.0. The van der Waals surface area contributed by atoms with E-state index in [4.69, 9.17) is 0 Å². The zero-order valence-corrected chi connectivity index (χ0v) is 20.5. The summed E-state index contributed by atoms with van der Waals surface area (Å²) in [4.78, 5) is 20.5. The number of likely N-dealkylation sites (tertiary alicyclic amines) is 1. The third-order valence-electron chi connectivity index (χ3n) is 6.32. The topological polar surface area (TPSA) is 23.6 Å². The van der Waals surface area contributed by atoms with Crippen LogP contribution in [0, 0.1) is 24.6 Å². The molecule has 1 amide bonds. The molecule has 3 nitrogen and oxygen atoms in total. The number of aryl methyl sites for hydroxylation is 1. The minimum Gasteiger partial charge on any atom is -0.338 e. The van der Waals surface area contributed by atoms with Gasteiger partial charge in [-0.2, -0.15) is 0 Å². The molecule has 0 N–H and O–H groups in total. The highest BCUT2D eigenvalue weighted by Gasteiger charge is 2.36. The molecular weight excluding hydrogens is 431 g/mol. The van der Waals surface area contributed by atoms with E-state index in [9.17, 15) is 9.18 Å². The molecule has 2 heterocycles. The Balaban J connectivity index is 1.58. The molecule has 1 aliphatic heterocycles. The fraction of sp³-hybridized carbons (Fsp3) is 0.393. The summed E-state index contributed by atoms with van der Waals surface area (Å²) in [6, 6.07) is 20.9. The fourth-order valence-corrected chi connectivity index (χ4v) is 5.84. The van der Waals surface area contributed by atoms with Crippen molar-refractivity contribution in [1.29, 1.82) is 0 Å². The van der Waals surface area contributed by atoms with Crippen molar-refractivity contribution in [3.8, 4) is 0 Å². The van der Waals surface area contributed by atoms with Crippen LogP contribution in [-0.2, 0) is 6.54 Å². The highest BCUT2D eigenvalue weighted by Crippen LogP contribution is 2.35. The summed E-state index contributed by atoms with van der Waals surface area (Å²) in [6.07, 6.45) is 0. The van der Waals surface area contributed by atoms with Crippen LogP contribution in [0.5, 0.6) is 0 Å². The highest BCUT2D eigenvalue weighted by atomic mass is 32.1.